The zero-order valence-corrected chi connectivity index (χ0v) is 14.8. The van der Waals surface area contributed by atoms with Crippen LogP contribution in [0.1, 0.15) is 11.1 Å². The number of thioether (sulfide) groups is 1. The normalized spacial score (nSPS) is 13.1. The van der Waals surface area contributed by atoms with Gasteiger partial charge in [-0.15, -0.1) is 11.8 Å². The van der Waals surface area contributed by atoms with Gasteiger partial charge in [0.15, 0.2) is 0 Å². The van der Waals surface area contributed by atoms with Gasteiger partial charge in [0.25, 0.3) is 0 Å². The van der Waals surface area contributed by atoms with Crippen molar-refractivity contribution >= 4 is 29.4 Å². The average Bonchev–Trinajstić information content (AvgIpc) is 2.65. The summed E-state index contributed by atoms with van der Waals surface area (Å²) in [6, 6.07) is 11.3. The summed E-state index contributed by atoms with van der Waals surface area (Å²) in [6.45, 7) is 3.00. The van der Waals surface area contributed by atoms with Crippen LogP contribution in [0.15, 0.2) is 47.6 Å². The van der Waals surface area contributed by atoms with Gasteiger partial charge in [-0.1, -0.05) is 24.3 Å². The first-order valence-electron chi connectivity index (χ1n) is 8.09. The number of fused-ring (bicyclic) bond motifs is 1. The number of rotatable bonds is 4. The summed E-state index contributed by atoms with van der Waals surface area (Å²) in [5, 5.41) is 6.35. The number of amides is 3. The summed E-state index contributed by atoms with van der Waals surface area (Å²) in [7, 11) is 0. The quantitative estimate of drug-likeness (QED) is 0.882. The lowest BCUT2D eigenvalue weighted by Crippen LogP contribution is -2.46. The van der Waals surface area contributed by atoms with E-state index in [1.165, 1.54) is 0 Å². The molecule has 25 heavy (non-hydrogen) atoms. The van der Waals surface area contributed by atoms with Crippen LogP contribution in [0.5, 0.6) is 0 Å². The van der Waals surface area contributed by atoms with Crippen molar-refractivity contribution < 1.29 is 9.59 Å². The molecule has 0 bridgehead atoms. The lowest BCUT2D eigenvalue weighted by molar-refractivity contribution is -0.120. The zero-order chi connectivity index (χ0) is 17.6. The minimum absolute atomic E-state index is 0.0516. The van der Waals surface area contributed by atoms with Gasteiger partial charge in [0.2, 0.25) is 5.91 Å². The van der Waals surface area contributed by atoms with Gasteiger partial charge in [0, 0.05) is 25.0 Å². The van der Waals surface area contributed by atoms with Crippen molar-refractivity contribution in [2.45, 2.75) is 18.5 Å². The number of aryl methyl sites for hydroxylation is 1. The summed E-state index contributed by atoms with van der Waals surface area (Å²) in [4.78, 5) is 30.3. The fraction of sp³-hybridized carbons (Fsp3) is 0.278. The zero-order valence-electron chi connectivity index (χ0n) is 14.0. The molecule has 0 aliphatic carbocycles. The van der Waals surface area contributed by atoms with Crippen LogP contribution in [0.25, 0.3) is 0 Å². The molecule has 0 spiro atoms. The molecule has 3 rings (SSSR count). The van der Waals surface area contributed by atoms with Crippen LogP contribution in [0.3, 0.4) is 0 Å². The van der Waals surface area contributed by atoms with Crippen LogP contribution in [0.4, 0.5) is 10.5 Å². The summed E-state index contributed by atoms with van der Waals surface area (Å²) in [5.74, 6) is 0.575. The number of benzene rings is 1. The SMILES string of the molecule is Cc1ccccc1CNC(=O)CNC(=O)N1CCSc2ncccc21. The number of urea groups is 1. The molecular weight excluding hydrogens is 336 g/mol. The van der Waals surface area contributed by atoms with Gasteiger partial charge < -0.3 is 10.6 Å². The van der Waals surface area contributed by atoms with Crippen LogP contribution in [-0.2, 0) is 11.3 Å². The molecule has 1 aromatic carbocycles. The Morgan fingerprint density at radius 3 is 2.88 bits per heavy atom. The van der Waals surface area contributed by atoms with E-state index < -0.39 is 0 Å². The highest BCUT2D eigenvalue weighted by atomic mass is 32.2. The lowest BCUT2D eigenvalue weighted by atomic mass is 10.1. The second kappa shape index (κ2) is 8.02. The number of hydrogen-bond donors (Lipinski definition) is 2. The lowest BCUT2D eigenvalue weighted by Gasteiger charge is -2.28. The van der Waals surface area contributed by atoms with Gasteiger partial charge >= 0.3 is 6.03 Å². The molecule has 7 heteroatoms. The first-order chi connectivity index (χ1) is 12.1. The van der Waals surface area contributed by atoms with Gasteiger partial charge in [-0.25, -0.2) is 9.78 Å². The van der Waals surface area contributed by atoms with Crippen molar-refractivity contribution in [3.05, 3.63) is 53.7 Å². The smallest absolute Gasteiger partial charge is 0.322 e. The highest BCUT2D eigenvalue weighted by Gasteiger charge is 2.23. The number of hydrogen-bond acceptors (Lipinski definition) is 4. The molecule has 0 fully saturated rings. The van der Waals surface area contributed by atoms with E-state index in [0.29, 0.717) is 13.1 Å². The molecule has 0 saturated heterocycles. The van der Waals surface area contributed by atoms with Crippen LogP contribution < -0.4 is 15.5 Å². The Morgan fingerprint density at radius 2 is 2.04 bits per heavy atom. The molecular formula is C18H20N4O2S. The van der Waals surface area contributed by atoms with Crippen LogP contribution >= 0.6 is 11.8 Å². The van der Waals surface area contributed by atoms with Gasteiger partial charge in [-0.3, -0.25) is 9.69 Å². The second-order valence-electron chi connectivity index (χ2n) is 5.69. The van der Waals surface area contributed by atoms with E-state index in [9.17, 15) is 9.59 Å². The highest BCUT2D eigenvalue weighted by molar-refractivity contribution is 7.99. The van der Waals surface area contributed by atoms with E-state index in [1.807, 2.05) is 37.3 Å². The van der Waals surface area contributed by atoms with E-state index in [2.05, 4.69) is 15.6 Å². The maximum atomic E-state index is 12.4. The second-order valence-corrected chi connectivity index (χ2v) is 6.77. The Hall–Kier alpha value is -2.54. The van der Waals surface area contributed by atoms with Crippen molar-refractivity contribution in [3.8, 4) is 0 Å². The molecule has 2 N–H and O–H groups in total. The Morgan fingerprint density at radius 1 is 1.20 bits per heavy atom. The van der Waals surface area contributed by atoms with Gasteiger partial charge in [-0.2, -0.15) is 0 Å². The number of carbonyl (C=O) groups excluding carboxylic acids is 2. The molecule has 0 atom stereocenters. The third-order valence-corrected chi connectivity index (χ3v) is 4.95. The predicted molar refractivity (Wildman–Crippen MR) is 98.7 cm³/mol. The number of aromatic nitrogens is 1. The Bertz CT molecular complexity index is 781. The standard InChI is InChI=1S/C18H20N4O2S/c1-13-5-2-3-6-14(13)11-20-16(23)12-21-18(24)22-9-10-25-17-15(22)7-4-8-19-17/h2-8H,9-12H2,1H3,(H,20,23)(H,21,24). The largest absolute Gasteiger partial charge is 0.350 e. The number of carbonyl (C=O) groups is 2. The molecule has 0 saturated carbocycles. The van der Waals surface area contributed by atoms with E-state index in [-0.39, 0.29) is 18.5 Å². The topological polar surface area (TPSA) is 74.3 Å². The molecule has 2 heterocycles. The van der Waals surface area contributed by atoms with Crippen LogP contribution in [-0.4, -0.2) is 35.8 Å². The van der Waals surface area contributed by atoms with E-state index in [1.54, 1.807) is 28.9 Å². The molecule has 0 unspecified atom stereocenters. The summed E-state index contributed by atoms with van der Waals surface area (Å²) >= 11 is 1.63. The van der Waals surface area contributed by atoms with E-state index in [0.717, 1.165) is 27.6 Å². The van der Waals surface area contributed by atoms with E-state index >= 15 is 0 Å². The number of nitrogens with zero attached hydrogens (tertiary/aromatic N) is 2. The first kappa shape index (κ1) is 17.3. The predicted octanol–water partition coefficient (Wildman–Crippen LogP) is 2.33. The maximum Gasteiger partial charge on any atom is 0.322 e. The maximum absolute atomic E-state index is 12.4. The fourth-order valence-electron chi connectivity index (χ4n) is 2.58. The molecule has 3 amide bonds. The molecule has 2 aromatic rings. The molecule has 6 nitrogen and oxygen atoms in total. The molecule has 0 radical (unpaired) electrons. The van der Waals surface area contributed by atoms with Gasteiger partial charge in [0.05, 0.1) is 12.2 Å². The third-order valence-electron chi connectivity index (χ3n) is 3.98. The summed E-state index contributed by atoms with van der Waals surface area (Å²) < 4.78 is 0. The molecule has 1 aliphatic rings. The Balaban J connectivity index is 1.51. The van der Waals surface area contributed by atoms with Crippen LogP contribution in [0.2, 0.25) is 0 Å². The number of anilines is 1. The average molecular weight is 356 g/mol. The number of pyridine rings is 1. The first-order valence-corrected chi connectivity index (χ1v) is 9.08. The Kier molecular flexibility index (Phi) is 5.55. The van der Waals surface area contributed by atoms with Crippen LogP contribution in [0, 0.1) is 6.92 Å². The summed E-state index contributed by atoms with van der Waals surface area (Å²) in [6.07, 6.45) is 1.71. The highest BCUT2D eigenvalue weighted by Crippen LogP contribution is 2.32. The minimum atomic E-state index is -0.277. The molecule has 130 valence electrons. The van der Waals surface area contributed by atoms with Crippen molar-refractivity contribution in [1.29, 1.82) is 0 Å². The molecule has 1 aliphatic heterocycles. The van der Waals surface area contributed by atoms with E-state index in [4.69, 9.17) is 0 Å². The van der Waals surface area contributed by atoms with Gasteiger partial charge in [0.1, 0.15) is 5.03 Å². The fourth-order valence-corrected chi connectivity index (χ4v) is 3.51. The van der Waals surface area contributed by atoms with Crippen molar-refractivity contribution in [1.82, 2.24) is 15.6 Å². The third kappa shape index (κ3) is 4.30. The number of nitrogens with one attached hydrogen (secondary N) is 2. The Labute approximate surface area is 151 Å². The molecule has 1 aromatic heterocycles. The van der Waals surface area contributed by atoms with Gasteiger partial charge in [-0.05, 0) is 30.2 Å². The van der Waals surface area contributed by atoms with Crippen molar-refractivity contribution in [2.24, 2.45) is 0 Å². The monoisotopic (exact) mass is 356 g/mol. The summed E-state index contributed by atoms with van der Waals surface area (Å²) in [5.41, 5.74) is 2.98. The van der Waals surface area contributed by atoms with Crippen molar-refractivity contribution in [3.63, 3.8) is 0 Å². The minimum Gasteiger partial charge on any atom is -0.350 e. The van der Waals surface area contributed by atoms with Crippen molar-refractivity contribution in [2.75, 3.05) is 23.7 Å².